The molecule has 0 rings (SSSR count). The normalized spacial score (nSPS) is 14.8. The summed E-state index contributed by atoms with van der Waals surface area (Å²) in [5, 5.41) is 19.3. The van der Waals surface area contributed by atoms with E-state index in [0.717, 1.165) is 44.9 Å². The third-order valence-electron chi connectivity index (χ3n) is 3.45. The topological polar surface area (TPSA) is 66.8 Å². The molecule has 4 nitrogen and oxygen atoms in total. The van der Waals surface area contributed by atoms with Crippen LogP contribution >= 0.6 is 0 Å². The molecular formula is C19H32O4. The average molecular weight is 324 g/mol. The molecule has 132 valence electrons. The van der Waals surface area contributed by atoms with Crippen molar-refractivity contribution >= 4 is 5.97 Å². The first-order valence-electron chi connectivity index (χ1n) is 8.54. The molecule has 0 aromatic rings. The second kappa shape index (κ2) is 15.5. The first-order valence-corrected chi connectivity index (χ1v) is 8.54. The van der Waals surface area contributed by atoms with E-state index in [9.17, 15) is 15.0 Å². The van der Waals surface area contributed by atoms with Gasteiger partial charge in [-0.3, -0.25) is 4.79 Å². The molecule has 0 aromatic heterocycles. The van der Waals surface area contributed by atoms with E-state index in [1.54, 1.807) is 18.2 Å². The van der Waals surface area contributed by atoms with E-state index in [1.165, 1.54) is 7.11 Å². The molecule has 23 heavy (non-hydrogen) atoms. The van der Waals surface area contributed by atoms with Gasteiger partial charge in [0, 0.05) is 6.42 Å². The van der Waals surface area contributed by atoms with E-state index in [0.29, 0.717) is 6.42 Å². The summed E-state index contributed by atoms with van der Waals surface area (Å²) < 4.78 is 4.59. The van der Waals surface area contributed by atoms with Gasteiger partial charge in [0.1, 0.15) is 12.2 Å². The lowest BCUT2D eigenvalue weighted by Crippen LogP contribution is -2.20. The van der Waals surface area contributed by atoms with Gasteiger partial charge in [-0.05, 0) is 25.7 Å². The summed E-state index contributed by atoms with van der Waals surface area (Å²) in [6, 6.07) is 0. The smallest absolute Gasteiger partial charge is 0.305 e. The predicted molar refractivity (Wildman–Crippen MR) is 94.1 cm³/mol. The number of hydrogen-bond donors (Lipinski definition) is 2. The number of ether oxygens (including phenoxy) is 1. The third-order valence-corrected chi connectivity index (χ3v) is 3.45. The highest BCUT2D eigenvalue weighted by atomic mass is 16.5. The van der Waals surface area contributed by atoms with Gasteiger partial charge in [-0.25, -0.2) is 0 Å². The third kappa shape index (κ3) is 14.0. The first-order chi connectivity index (χ1) is 11.1. The lowest BCUT2D eigenvalue weighted by atomic mass is 10.1. The zero-order chi connectivity index (χ0) is 17.3. The zero-order valence-corrected chi connectivity index (χ0v) is 14.5. The maximum atomic E-state index is 10.9. The summed E-state index contributed by atoms with van der Waals surface area (Å²) in [6.45, 7) is 1.98. The van der Waals surface area contributed by atoms with Crippen LogP contribution in [0.25, 0.3) is 0 Å². The standard InChI is InChI=1S/C19H32O4/c1-3-4-14-17(20)18(21)15-12-10-8-6-5-7-9-11-13-16-19(22)23-2/h4,8,10,12,14-15,17-18,20-21H,3,5-7,9,11,13,16H2,1-2H3/b10-8-,14-4+,15-12+/t17-,18-/m0/s1. The zero-order valence-electron chi connectivity index (χ0n) is 14.5. The molecule has 0 fully saturated rings. The van der Waals surface area contributed by atoms with E-state index in [2.05, 4.69) is 10.8 Å². The summed E-state index contributed by atoms with van der Waals surface area (Å²) in [5.74, 6) is -0.128. The molecule has 0 amide bonds. The van der Waals surface area contributed by atoms with Crippen molar-refractivity contribution in [1.82, 2.24) is 0 Å². The maximum absolute atomic E-state index is 10.9. The quantitative estimate of drug-likeness (QED) is 0.235. The van der Waals surface area contributed by atoms with E-state index in [4.69, 9.17) is 0 Å². The van der Waals surface area contributed by atoms with Crippen LogP contribution in [-0.2, 0) is 9.53 Å². The van der Waals surface area contributed by atoms with E-state index in [1.807, 2.05) is 19.1 Å². The Kier molecular flexibility index (Phi) is 14.6. The number of rotatable bonds is 13. The van der Waals surface area contributed by atoms with Crippen LogP contribution in [0.4, 0.5) is 0 Å². The molecule has 0 radical (unpaired) electrons. The Bertz CT molecular complexity index is 372. The number of esters is 1. The van der Waals surface area contributed by atoms with Gasteiger partial charge >= 0.3 is 5.97 Å². The fourth-order valence-corrected chi connectivity index (χ4v) is 2.02. The molecule has 2 N–H and O–H groups in total. The molecule has 0 saturated carbocycles. The number of aliphatic hydroxyl groups is 2. The van der Waals surface area contributed by atoms with Crippen molar-refractivity contribution in [2.45, 2.75) is 70.5 Å². The highest BCUT2D eigenvalue weighted by molar-refractivity contribution is 5.68. The summed E-state index contributed by atoms with van der Waals surface area (Å²) in [7, 11) is 1.42. The lowest BCUT2D eigenvalue weighted by Gasteiger charge is -2.09. The second-order valence-electron chi connectivity index (χ2n) is 5.51. The minimum atomic E-state index is -0.864. The Morgan fingerprint density at radius 2 is 1.61 bits per heavy atom. The number of unbranched alkanes of at least 4 members (excludes halogenated alkanes) is 5. The molecular weight excluding hydrogens is 292 g/mol. The summed E-state index contributed by atoms with van der Waals surface area (Å²) in [5.41, 5.74) is 0. The number of allylic oxidation sites excluding steroid dienone is 4. The molecule has 0 aliphatic heterocycles. The fraction of sp³-hybridized carbons (Fsp3) is 0.632. The van der Waals surface area contributed by atoms with Gasteiger partial charge < -0.3 is 14.9 Å². The highest BCUT2D eigenvalue weighted by Crippen LogP contribution is 2.08. The van der Waals surface area contributed by atoms with Crippen LogP contribution in [0.5, 0.6) is 0 Å². The molecule has 0 aliphatic carbocycles. The molecule has 0 heterocycles. The summed E-state index contributed by atoms with van der Waals surface area (Å²) >= 11 is 0. The van der Waals surface area contributed by atoms with Crippen molar-refractivity contribution in [1.29, 1.82) is 0 Å². The van der Waals surface area contributed by atoms with Crippen LogP contribution in [0.15, 0.2) is 36.5 Å². The molecule has 4 heteroatoms. The van der Waals surface area contributed by atoms with Gasteiger partial charge in [0.15, 0.2) is 0 Å². The van der Waals surface area contributed by atoms with Crippen LogP contribution in [0.2, 0.25) is 0 Å². The molecule has 0 spiro atoms. The number of hydrogen-bond acceptors (Lipinski definition) is 4. The van der Waals surface area contributed by atoms with Crippen molar-refractivity contribution in [2.24, 2.45) is 0 Å². The van der Waals surface area contributed by atoms with Crippen LogP contribution in [0.1, 0.15) is 58.3 Å². The van der Waals surface area contributed by atoms with Gasteiger partial charge in [0.05, 0.1) is 7.11 Å². The minimum absolute atomic E-state index is 0.128. The van der Waals surface area contributed by atoms with Gasteiger partial charge in [0.25, 0.3) is 0 Å². The lowest BCUT2D eigenvalue weighted by molar-refractivity contribution is -0.140. The SMILES string of the molecule is CC/C=C/[C@H](O)[C@@H](O)/C=C/C=C\CCCCCCCC(=O)OC. The number of carbonyl (C=O) groups excluding carboxylic acids is 1. The molecule has 0 unspecified atom stereocenters. The largest absolute Gasteiger partial charge is 0.469 e. The average Bonchev–Trinajstić information content (AvgIpc) is 2.56. The Labute approximate surface area is 140 Å². The van der Waals surface area contributed by atoms with Crippen LogP contribution in [0.3, 0.4) is 0 Å². The Balaban J connectivity index is 3.58. The van der Waals surface area contributed by atoms with Crippen LogP contribution in [-0.4, -0.2) is 35.5 Å². The molecule has 0 bridgehead atoms. The predicted octanol–water partition coefficient (Wildman–Crippen LogP) is 3.69. The number of aliphatic hydroxyl groups excluding tert-OH is 2. The molecule has 0 aromatic carbocycles. The van der Waals surface area contributed by atoms with Crippen LogP contribution < -0.4 is 0 Å². The van der Waals surface area contributed by atoms with E-state index < -0.39 is 12.2 Å². The van der Waals surface area contributed by atoms with Crippen molar-refractivity contribution in [3.63, 3.8) is 0 Å². The molecule has 0 aliphatic rings. The Hall–Kier alpha value is -1.39. The van der Waals surface area contributed by atoms with Gasteiger partial charge in [0.2, 0.25) is 0 Å². The van der Waals surface area contributed by atoms with Gasteiger partial charge in [-0.15, -0.1) is 0 Å². The summed E-state index contributed by atoms with van der Waals surface area (Å²) in [6.07, 6.45) is 16.8. The monoisotopic (exact) mass is 324 g/mol. The van der Waals surface area contributed by atoms with Gasteiger partial charge in [-0.2, -0.15) is 0 Å². The highest BCUT2D eigenvalue weighted by Gasteiger charge is 2.07. The Morgan fingerprint density at radius 3 is 2.30 bits per heavy atom. The van der Waals surface area contributed by atoms with Crippen molar-refractivity contribution < 1.29 is 19.7 Å². The van der Waals surface area contributed by atoms with Crippen molar-refractivity contribution in [2.75, 3.05) is 7.11 Å². The van der Waals surface area contributed by atoms with Crippen molar-refractivity contribution in [3.05, 3.63) is 36.5 Å². The molecule has 0 saturated heterocycles. The minimum Gasteiger partial charge on any atom is -0.469 e. The van der Waals surface area contributed by atoms with E-state index >= 15 is 0 Å². The number of methoxy groups -OCH3 is 1. The molecule has 2 atom stereocenters. The van der Waals surface area contributed by atoms with Crippen LogP contribution in [0, 0.1) is 0 Å². The first kappa shape index (κ1) is 21.6. The van der Waals surface area contributed by atoms with E-state index in [-0.39, 0.29) is 5.97 Å². The second-order valence-corrected chi connectivity index (χ2v) is 5.51. The van der Waals surface area contributed by atoms with Gasteiger partial charge in [-0.1, -0.05) is 62.6 Å². The Morgan fingerprint density at radius 1 is 0.957 bits per heavy atom. The summed E-state index contributed by atoms with van der Waals surface area (Å²) in [4.78, 5) is 10.9. The number of carbonyl (C=O) groups is 1. The van der Waals surface area contributed by atoms with Crippen molar-refractivity contribution in [3.8, 4) is 0 Å². The fourth-order valence-electron chi connectivity index (χ4n) is 2.02. The maximum Gasteiger partial charge on any atom is 0.305 e.